The summed E-state index contributed by atoms with van der Waals surface area (Å²) in [5.41, 5.74) is 1.36. The standard InChI is InChI=1S/C18H34N2O/c1-13(2)9-15(4)20(8)12-16-10-14(3)17(21-16)11-19-18(5,6)7/h10,13,15,19H,9,11-12H2,1-8H3. The second kappa shape index (κ2) is 7.46. The topological polar surface area (TPSA) is 28.4 Å². The molecule has 1 heterocycles. The van der Waals surface area contributed by atoms with E-state index in [-0.39, 0.29) is 5.54 Å². The van der Waals surface area contributed by atoms with Crippen molar-refractivity contribution in [2.45, 2.75) is 79.6 Å². The van der Waals surface area contributed by atoms with E-state index >= 15 is 0 Å². The van der Waals surface area contributed by atoms with Gasteiger partial charge in [-0.2, -0.15) is 0 Å². The van der Waals surface area contributed by atoms with E-state index in [1.807, 2.05) is 0 Å². The maximum Gasteiger partial charge on any atom is 0.120 e. The highest BCUT2D eigenvalue weighted by Crippen LogP contribution is 2.19. The molecular weight excluding hydrogens is 260 g/mol. The number of hydrogen-bond donors (Lipinski definition) is 1. The Kier molecular flexibility index (Phi) is 6.48. The number of rotatable bonds is 7. The molecule has 3 heteroatoms. The van der Waals surface area contributed by atoms with Crippen LogP contribution in [0.3, 0.4) is 0 Å². The monoisotopic (exact) mass is 294 g/mol. The van der Waals surface area contributed by atoms with Crippen LogP contribution in [-0.4, -0.2) is 23.5 Å². The van der Waals surface area contributed by atoms with Gasteiger partial charge in [0.1, 0.15) is 11.5 Å². The maximum atomic E-state index is 6.03. The zero-order valence-electron chi connectivity index (χ0n) is 15.2. The minimum Gasteiger partial charge on any atom is -0.463 e. The Morgan fingerprint density at radius 3 is 2.38 bits per heavy atom. The molecule has 0 spiro atoms. The van der Waals surface area contributed by atoms with Crippen LogP contribution in [0.1, 0.15) is 65.0 Å². The summed E-state index contributed by atoms with van der Waals surface area (Å²) < 4.78 is 6.03. The summed E-state index contributed by atoms with van der Waals surface area (Å²) in [5.74, 6) is 2.86. The van der Waals surface area contributed by atoms with E-state index in [0.29, 0.717) is 6.04 Å². The molecule has 0 aliphatic rings. The van der Waals surface area contributed by atoms with Crippen molar-refractivity contribution in [3.05, 3.63) is 23.2 Å². The first-order valence-corrected chi connectivity index (χ1v) is 8.12. The lowest BCUT2D eigenvalue weighted by Crippen LogP contribution is -2.35. The number of nitrogens with one attached hydrogen (secondary N) is 1. The predicted molar refractivity (Wildman–Crippen MR) is 90.4 cm³/mol. The van der Waals surface area contributed by atoms with Crippen molar-refractivity contribution in [3.8, 4) is 0 Å². The lowest BCUT2D eigenvalue weighted by atomic mass is 10.0. The quantitative estimate of drug-likeness (QED) is 0.810. The SMILES string of the molecule is Cc1cc(CN(C)C(C)CC(C)C)oc1CNC(C)(C)C. The zero-order valence-corrected chi connectivity index (χ0v) is 15.2. The Morgan fingerprint density at radius 2 is 1.86 bits per heavy atom. The van der Waals surface area contributed by atoms with Crippen LogP contribution in [0.15, 0.2) is 10.5 Å². The van der Waals surface area contributed by atoms with Crippen molar-refractivity contribution in [2.75, 3.05) is 7.05 Å². The molecule has 0 saturated carbocycles. The molecule has 0 aliphatic heterocycles. The van der Waals surface area contributed by atoms with E-state index in [4.69, 9.17) is 4.42 Å². The third-order valence-corrected chi connectivity index (χ3v) is 3.82. The molecule has 1 atom stereocenters. The molecule has 0 saturated heterocycles. The second-order valence-corrected chi connectivity index (χ2v) is 7.82. The highest BCUT2D eigenvalue weighted by atomic mass is 16.3. The summed E-state index contributed by atoms with van der Waals surface area (Å²) in [4.78, 5) is 2.37. The van der Waals surface area contributed by atoms with Crippen molar-refractivity contribution in [1.82, 2.24) is 10.2 Å². The fraction of sp³-hybridized carbons (Fsp3) is 0.778. The van der Waals surface area contributed by atoms with Gasteiger partial charge in [-0.05, 0) is 65.6 Å². The normalized spacial score (nSPS) is 14.2. The molecule has 0 amide bonds. The molecule has 1 N–H and O–H groups in total. The Balaban J connectivity index is 2.61. The molecule has 0 radical (unpaired) electrons. The van der Waals surface area contributed by atoms with Crippen LogP contribution in [0.5, 0.6) is 0 Å². The minimum absolute atomic E-state index is 0.113. The van der Waals surface area contributed by atoms with Gasteiger partial charge >= 0.3 is 0 Å². The first kappa shape index (κ1) is 18.2. The molecule has 0 aliphatic carbocycles. The first-order chi connectivity index (χ1) is 9.58. The molecule has 0 bridgehead atoms. The highest BCUT2D eigenvalue weighted by Gasteiger charge is 2.16. The summed E-state index contributed by atoms with van der Waals surface area (Å²) in [6, 6.07) is 2.75. The van der Waals surface area contributed by atoms with Gasteiger partial charge in [0.25, 0.3) is 0 Å². The van der Waals surface area contributed by atoms with Crippen LogP contribution in [0.2, 0.25) is 0 Å². The second-order valence-electron chi connectivity index (χ2n) is 7.82. The Morgan fingerprint density at radius 1 is 1.24 bits per heavy atom. The summed E-state index contributed by atoms with van der Waals surface area (Å²) >= 11 is 0. The molecule has 0 aromatic carbocycles. The molecule has 1 rings (SSSR count). The Bertz CT molecular complexity index is 429. The number of furan rings is 1. The van der Waals surface area contributed by atoms with E-state index in [2.05, 4.69) is 71.8 Å². The fourth-order valence-corrected chi connectivity index (χ4v) is 2.45. The van der Waals surface area contributed by atoms with Crippen LogP contribution in [0.4, 0.5) is 0 Å². The largest absolute Gasteiger partial charge is 0.463 e. The molecule has 3 nitrogen and oxygen atoms in total. The van der Waals surface area contributed by atoms with Crippen LogP contribution >= 0.6 is 0 Å². The first-order valence-electron chi connectivity index (χ1n) is 8.12. The van der Waals surface area contributed by atoms with Gasteiger partial charge in [0.2, 0.25) is 0 Å². The van der Waals surface area contributed by atoms with Gasteiger partial charge in [0.05, 0.1) is 13.1 Å². The molecular formula is C18H34N2O. The van der Waals surface area contributed by atoms with Crippen molar-refractivity contribution in [1.29, 1.82) is 0 Å². The van der Waals surface area contributed by atoms with Crippen molar-refractivity contribution < 1.29 is 4.42 Å². The van der Waals surface area contributed by atoms with E-state index in [9.17, 15) is 0 Å². The van der Waals surface area contributed by atoms with Gasteiger partial charge in [0.15, 0.2) is 0 Å². The van der Waals surface area contributed by atoms with E-state index in [1.54, 1.807) is 0 Å². The minimum atomic E-state index is 0.113. The predicted octanol–water partition coefficient (Wildman–Crippen LogP) is 4.34. The van der Waals surface area contributed by atoms with Crippen LogP contribution in [0.25, 0.3) is 0 Å². The molecule has 0 fully saturated rings. The van der Waals surface area contributed by atoms with Crippen LogP contribution < -0.4 is 5.32 Å². The average molecular weight is 294 g/mol. The molecule has 122 valence electrons. The lowest BCUT2D eigenvalue weighted by molar-refractivity contribution is 0.203. The van der Waals surface area contributed by atoms with Gasteiger partial charge in [-0.25, -0.2) is 0 Å². The fourth-order valence-electron chi connectivity index (χ4n) is 2.45. The van der Waals surface area contributed by atoms with Crippen molar-refractivity contribution in [2.24, 2.45) is 5.92 Å². The lowest BCUT2D eigenvalue weighted by Gasteiger charge is -2.25. The van der Waals surface area contributed by atoms with Gasteiger partial charge in [-0.15, -0.1) is 0 Å². The molecule has 1 unspecified atom stereocenters. The third kappa shape index (κ3) is 6.66. The molecule has 21 heavy (non-hydrogen) atoms. The van der Waals surface area contributed by atoms with Crippen molar-refractivity contribution in [3.63, 3.8) is 0 Å². The van der Waals surface area contributed by atoms with E-state index in [1.165, 1.54) is 12.0 Å². The van der Waals surface area contributed by atoms with Gasteiger partial charge < -0.3 is 9.73 Å². The Hall–Kier alpha value is -0.800. The zero-order chi connectivity index (χ0) is 16.2. The third-order valence-electron chi connectivity index (χ3n) is 3.82. The van der Waals surface area contributed by atoms with Crippen LogP contribution in [-0.2, 0) is 13.1 Å². The maximum absolute atomic E-state index is 6.03. The van der Waals surface area contributed by atoms with E-state index < -0.39 is 0 Å². The number of hydrogen-bond acceptors (Lipinski definition) is 3. The smallest absolute Gasteiger partial charge is 0.120 e. The molecule has 1 aromatic rings. The summed E-state index contributed by atoms with van der Waals surface area (Å²) in [6.45, 7) is 17.2. The number of aryl methyl sites for hydroxylation is 1. The average Bonchev–Trinajstić information content (AvgIpc) is 2.65. The Labute approximate surface area is 131 Å². The van der Waals surface area contributed by atoms with Crippen molar-refractivity contribution >= 4 is 0 Å². The van der Waals surface area contributed by atoms with Gasteiger partial charge in [-0.1, -0.05) is 13.8 Å². The summed E-state index contributed by atoms with van der Waals surface area (Å²) in [6.07, 6.45) is 1.22. The van der Waals surface area contributed by atoms with Crippen LogP contribution in [0, 0.1) is 12.8 Å². The van der Waals surface area contributed by atoms with E-state index in [0.717, 1.165) is 30.5 Å². The molecule has 1 aromatic heterocycles. The highest BCUT2D eigenvalue weighted by molar-refractivity contribution is 5.20. The summed E-state index contributed by atoms with van der Waals surface area (Å²) in [7, 11) is 2.18. The van der Waals surface area contributed by atoms with Gasteiger partial charge in [-0.3, -0.25) is 4.90 Å². The summed E-state index contributed by atoms with van der Waals surface area (Å²) in [5, 5.41) is 3.49. The van der Waals surface area contributed by atoms with Gasteiger partial charge in [0, 0.05) is 11.6 Å². The number of nitrogens with zero attached hydrogens (tertiary/aromatic N) is 1.